The van der Waals surface area contributed by atoms with Crippen molar-refractivity contribution in [3.8, 4) is 0 Å². The molecule has 5 aliphatic rings. The van der Waals surface area contributed by atoms with Crippen LogP contribution in [-0.4, -0.2) is 27.3 Å². The first kappa shape index (κ1) is 27.5. The summed E-state index contributed by atoms with van der Waals surface area (Å²) in [5.74, 6) is 1.02. The second-order valence-corrected chi connectivity index (χ2v) is 13.4. The molecular formula is C36H32N4O5. The van der Waals surface area contributed by atoms with Crippen LogP contribution in [0.4, 0.5) is 16.2 Å². The number of carbonyl (C=O) groups is 3. The van der Waals surface area contributed by atoms with Gasteiger partial charge in [-0.05, 0) is 97.1 Å². The molecule has 4 bridgehead atoms. The topological polar surface area (TPSA) is 115 Å². The summed E-state index contributed by atoms with van der Waals surface area (Å²) in [4.78, 5) is 51.5. The van der Waals surface area contributed by atoms with Gasteiger partial charge < -0.3 is 4.57 Å². The van der Waals surface area contributed by atoms with Gasteiger partial charge in [-0.1, -0.05) is 42.5 Å². The van der Waals surface area contributed by atoms with Crippen molar-refractivity contribution >= 4 is 46.2 Å². The van der Waals surface area contributed by atoms with Crippen LogP contribution in [0.1, 0.15) is 55.2 Å². The molecule has 0 unspecified atom stereocenters. The van der Waals surface area contributed by atoms with Crippen molar-refractivity contribution in [3.05, 3.63) is 111 Å². The van der Waals surface area contributed by atoms with E-state index >= 15 is 0 Å². The number of hydrogen-bond acceptors (Lipinski definition) is 5. The molecule has 4 saturated carbocycles. The Morgan fingerprint density at radius 3 is 2.16 bits per heavy atom. The van der Waals surface area contributed by atoms with Crippen LogP contribution in [0.5, 0.6) is 0 Å². The number of non-ortho nitro benzene ring substituents is 1. The van der Waals surface area contributed by atoms with E-state index in [-0.39, 0.29) is 16.7 Å². The molecule has 4 aliphatic carbocycles. The van der Waals surface area contributed by atoms with Crippen molar-refractivity contribution in [2.24, 2.45) is 17.8 Å². The molecule has 0 radical (unpaired) electrons. The highest BCUT2D eigenvalue weighted by Crippen LogP contribution is 2.60. The number of nitrogens with one attached hydrogen (secondary N) is 1. The standard InChI is InChI=1S/C36H32N4O5/c41-33-31(16-26-21-38(32-4-2-1-3-30(26)32)20-22-5-9-29(10-6-22)40(44)45)34(42)39(35(43)37-33)28-11-7-27(8-12-28)36-17-23-13-24(18-36)15-25(14-23)19-36/h1-12,16,21,23-25H,13-15,17-20H2,(H,37,41,43)/b31-16+. The first-order valence-electron chi connectivity index (χ1n) is 15.6. The molecule has 226 valence electrons. The van der Waals surface area contributed by atoms with Crippen molar-refractivity contribution in [2.45, 2.75) is 50.5 Å². The number of rotatable bonds is 6. The van der Waals surface area contributed by atoms with E-state index in [1.807, 2.05) is 47.2 Å². The van der Waals surface area contributed by atoms with Crippen LogP contribution in [0.3, 0.4) is 0 Å². The Morgan fingerprint density at radius 2 is 1.51 bits per heavy atom. The van der Waals surface area contributed by atoms with Gasteiger partial charge in [0.1, 0.15) is 5.57 Å². The minimum absolute atomic E-state index is 0.0184. The van der Waals surface area contributed by atoms with Gasteiger partial charge in [0, 0.05) is 41.3 Å². The van der Waals surface area contributed by atoms with E-state index in [9.17, 15) is 24.5 Å². The van der Waals surface area contributed by atoms with Crippen molar-refractivity contribution < 1.29 is 19.3 Å². The highest BCUT2D eigenvalue weighted by molar-refractivity contribution is 6.39. The number of nitro benzene ring substituents is 1. The van der Waals surface area contributed by atoms with E-state index in [1.165, 1.54) is 62.3 Å². The zero-order valence-corrected chi connectivity index (χ0v) is 24.6. The number of hydrogen-bond donors (Lipinski definition) is 1. The van der Waals surface area contributed by atoms with Crippen molar-refractivity contribution in [1.29, 1.82) is 0 Å². The molecule has 2 heterocycles. The molecule has 0 atom stereocenters. The summed E-state index contributed by atoms with van der Waals surface area (Å²) in [6, 6.07) is 21.1. The normalized spacial score (nSPS) is 26.6. The number of nitro groups is 1. The van der Waals surface area contributed by atoms with Crippen LogP contribution < -0.4 is 10.2 Å². The van der Waals surface area contributed by atoms with E-state index in [0.717, 1.165) is 39.1 Å². The fourth-order valence-corrected chi connectivity index (χ4v) is 8.92. The Bertz CT molecular complexity index is 1890. The zero-order chi connectivity index (χ0) is 30.9. The maximum atomic E-state index is 13.8. The third-order valence-electron chi connectivity index (χ3n) is 10.5. The molecule has 1 saturated heterocycles. The molecule has 9 nitrogen and oxygen atoms in total. The lowest BCUT2D eigenvalue weighted by molar-refractivity contribution is -0.384. The molecule has 0 spiro atoms. The summed E-state index contributed by atoms with van der Waals surface area (Å²) < 4.78 is 1.97. The Labute approximate surface area is 259 Å². The van der Waals surface area contributed by atoms with E-state index in [2.05, 4.69) is 17.4 Å². The largest absolute Gasteiger partial charge is 0.342 e. The van der Waals surface area contributed by atoms with E-state index < -0.39 is 22.8 Å². The van der Waals surface area contributed by atoms with Crippen molar-refractivity contribution in [1.82, 2.24) is 9.88 Å². The Kier molecular flexibility index (Phi) is 6.27. The number of amides is 4. The molecule has 9 heteroatoms. The maximum Gasteiger partial charge on any atom is 0.335 e. The molecule has 5 fully saturated rings. The van der Waals surface area contributed by atoms with Crippen LogP contribution in [-0.2, 0) is 21.5 Å². The van der Waals surface area contributed by atoms with Gasteiger partial charge in [0.05, 0.1) is 10.6 Å². The van der Waals surface area contributed by atoms with Gasteiger partial charge in [0.15, 0.2) is 0 Å². The van der Waals surface area contributed by atoms with Crippen molar-refractivity contribution in [2.75, 3.05) is 4.90 Å². The highest BCUT2D eigenvalue weighted by Gasteiger charge is 2.51. The van der Waals surface area contributed by atoms with Gasteiger partial charge in [-0.2, -0.15) is 0 Å². The predicted molar refractivity (Wildman–Crippen MR) is 169 cm³/mol. The van der Waals surface area contributed by atoms with Crippen LogP contribution in [0.25, 0.3) is 17.0 Å². The first-order valence-corrected chi connectivity index (χ1v) is 15.6. The quantitative estimate of drug-likeness (QED) is 0.114. The fourth-order valence-electron chi connectivity index (χ4n) is 8.92. The first-order chi connectivity index (χ1) is 21.8. The summed E-state index contributed by atoms with van der Waals surface area (Å²) in [5, 5.41) is 14.3. The SMILES string of the molecule is O=C1NC(=O)N(c2ccc(C34CC5CC(CC(C5)C3)C4)cc2)C(=O)/C1=C/c1cn(Cc2ccc([N+](=O)[O-])cc2)c2ccccc12. The molecule has 1 aromatic heterocycles. The van der Waals surface area contributed by atoms with E-state index in [4.69, 9.17) is 0 Å². The second-order valence-electron chi connectivity index (χ2n) is 13.4. The molecule has 1 aliphatic heterocycles. The summed E-state index contributed by atoms with van der Waals surface area (Å²) in [5.41, 5.74) is 4.21. The van der Waals surface area contributed by atoms with Crippen LogP contribution >= 0.6 is 0 Å². The predicted octanol–water partition coefficient (Wildman–Crippen LogP) is 6.73. The summed E-state index contributed by atoms with van der Waals surface area (Å²) in [6.45, 7) is 0.433. The Morgan fingerprint density at radius 1 is 0.867 bits per heavy atom. The lowest BCUT2D eigenvalue weighted by Gasteiger charge is -2.57. The Balaban J connectivity index is 1.09. The number of imide groups is 2. The minimum Gasteiger partial charge on any atom is -0.342 e. The third kappa shape index (κ3) is 4.65. The molecule has 1 N–H and O–H groups in total. The molecular weight excluding hydrogens is 568 g/mol. The zero-order valence-electron chi connectivity index (χ0n) is 24.6. The number of barbiturate groups is 1. The van der Waals surface area contributed by atoms with Gasteiger partial charge in [-0.3, -0.25) is 25.0 Å². The van der Waals surface area contributed by atoms with E-state index in [0.29, 0.717) is 17.8 Å². The molecule has 45 heavy (non-hydrogen) atoms. The lowest BCUT2D eigenvalue weighted by Crippen LogP contribution is -2.54. The van der Waals surface area contributed by atoms with Gasteiger partial charge >= 0.3 is 6.03 Å². The molecule has 3 aromatic carbocycles. The summed E-state index contributed by atoms with van der Waals surface area (Å²) >= 11 is 0. The Hall–Kier alpha value is -5.05. The van der Waals surface area contributed by atoms with Gasteiger partial charge in [-0.25, -0.2) is 9.69 Å². The number of anilines is 1. The molecule has 4 aromatic rings. The van der Waals surface area contributed by atoms with Gasteiger partial charge in [-0.15, -0.1) is 0 Å². The number of urea groups is 1. The van der Waals surface area contributed by atoms with Crippen molar-refractivity contribution in [3.63, 3.8) is 0 Å². The number of aromatic nitrogens is 1. The third-order valence-corrected chi connectivity index (χ3v) is 10.5. The smallest absolute Gasteiger partial charge is 0.335 e. The minimum atomic E-state index is -0.759. The number of para-hydroxylation sites is 1. The number of fused-ring (bicyclic) bond motifs is 1. The van der Waals surface area contributed by atoms with Crippen LogP contribution in [0.2, 0.25) is 0 Å². The molecule has 9 rings (SSSR count). The molecule has 4 amide bonds. The maximum absolute atomic E-state index is 13.8. The average Bonchev–Trinajstić information content (AvgIpc) is 3.36. The number of carbonyl (C=O) groups excluding carboxylic acids is 3. The number of benzene rings is 3. The lowest BCUT2D eigenvalue weighted by atomic mass is 9.48. The van der Waals surface area contributed by atoms with Gasteiger partial charge in [0.25, 0.3) is 17.5 Å². The van der Waals surface area contributed by atoms with Gasteiger partial charge in [0.2, 0.25) is 0 Å². The number of nitrogens with zero attached hydrogens (tertiary/aromatic N) is 3. The van der Waals surface area contributed by atoms with Crippen LogP contribution in [0.15, 0.2) is 84.6 Å². The van der Waals surface area contributed by atoms with E-state index in [1.54, 1.807) is 12.1 Å². The summed E-state index contributed by atoms with van der Waals surface area (Å²) in [6.07, 6.45) is 11.1. The fraction of sp³-hybridized carbons (Fsp3) is 0.306. The summed E-state index contributed by atoms with van der Waals surface area (Å²) in [7, 11) is 0. The second kappa shape index (κ2) is 10.3. The monoisotopic (exact) mass is 600 g/mol. The highest BCUT2D eigenvalue weighted by atomic mass is 16.6. The van der Waals surface area contributed by atoms with Crippen LogP contribution in [0, 0.1) is 27.9 Å². The average molecular weight is 601 g/mol.